The van der Waals surface area contributed by atoms with Gasteiger partial charge in [-0.1, -0.05) is 24.6 Å². The molecule has 1 saturated carbocycles. The molecule has 5 rings (SSSR count). The summed E-state index contributed by atoms with van der Waals surface area (Å²) in [6, 6.07) is 7.81. The molecule has 0 radical (unpaired) electrons. The lowest BCUT2D eigenvalue weighted by molar-refractivity contribution is 0.0597. The van der Waals surface area contributed by atoms with Crippen LogP contribution in [0.4, 0.5) is 8.78 Å². The van der Waals surface area contributed by atoms with E-state index in [0.717, 1.165) is 65.8 Å². The van der Waals surface area contributed by atoms with Crippen LogP contribution in [0.3, 0.4) is 0 Å². The highest BCUT2D eigenvalue weighted by Gasteiger charge is 2.32. The molecule has 192 valence electrons. The molecule has 9 heteroatoms. The van der Waals surface area contributed by atoms with Gasteiger partial charge in [0.25, 0.3) is 5.91 Å². The summed E-state index contributed by atoms with van der Waals surface area (Å²) in [4.78, 5) is 24.2. The van der Waals surface area contributed by atoms with Gasteiger partial charge in [0.1, 0.15) is 28.6 Å². The lowest BCUT2D eigenvalue weighted by atomic mass is 9.86. The molecule has 1 amide bonds. The predicted octanol–water partition coefficient (Wildman–Crippen LogP) is 7.52. The molecule has 0 atom stereocenters. The number of hydrogen-bond acceptors (Lipinski definition) is 5. The van der Waals surface area contributed by atoms with Gasteiger partial charge in [0.05, 0.1) is 22.2 Å². The molecular weight excluding hydrogens is 516 g/mol. The lowest BCUT2D eigenvalue weighted by Crippen LogP contribution is -2.41. The second kappa shape index (κ2) is 10.7. The molecule has 37 heavy (non-hydrogen) atoms. The normalized spacial score (nSPS) is 17.6. The number of benzene rings is 2. The quantitative estimate of drug-likeness (QED) is 0.253. The number of carbonyl (C=O) groups excluding carboxylic acids is 1. The van der Waals surface area contributed by atoms with Crippen LogP contribution in [0.25, 0.3) is 21.2 Å². The van der Waals surface area contributed by atoms with Crippen molar-refractivity contribution in [3.8, 4) is 16.9 Å². The maximum Gasteiger partial charge on any atom is 0.266 e. The van der Waals surface area contributed by atoms with Gasteiger partial charge in [-0.25, -0.2) is 18.7 Å². The summed E-state index contributed by atoms with van der Waals surface area (Å²) < 4.78 is 34.8. The van der Waals surface area contributed by atoms with Crippen LogP contribution >= 0.6 is 22.9 Å². The predicted molar refractivity (Wildman–Crippen MR) is 142 cm³/mol. The molecule has 2 heterocycles. The molecule has 1 fully saturated rings. The number of ether oxygens (including phenoxy) is 1. The highest BCUT2D eigenvalue weighted by molar-refractivity contribution is 7.21. The van der Waals surface area contributed by atoms with Gasteiger partial charge in [0, 0.05) is 36.1 Å². The molecule has 1 aliphatic carbocycles. The van der Waals surface area contributed by atoms with Crippen molar-refractivity contribution >= 4 is 38.9 Å². The van der Waals surface area contributed by atoms with E-state index in [4.69, 9.17) is 16.3 Å². The zero-order chi connectivity index (χ0) is 26.1. The van der Waals surface area contributed by atoms with E-state index in [1.165, 1.54) is 6.33 Å². The van der Waals surface area contributed by atoms with E-state index in [0.29, 0.717) is 11.7 Å². The number of amides is 1. The smallest absolute Gasteiger partial charge is 0.266 e. The van der Waals surface area contributed by atoms with Gasteiger partial charge < -0.3 is 9.64 Å². The Kier molecular flexibility index (Phi) is 7.40. The Morgan fingerprint density at radius 3 is 2.46 bits per heavy atom. The number of nitrogens with zero attached hydrogens (tertiary/aromatic N) is 3. The third-order valence-corrected chi connectivity index (χ3v) is 8.75. The fourth-order valence-corrected chi connectivity index (χ4v) is 6.51. The maximum atomic E-state index is 14.6. The van der Waals surface area contributed by atoms with Crippen molar-refractivity contribution in [2.75, 3.05) is 7.11 Å². The van der Waals surface area contributed by atoms with E-state index in [-0.39, 0.29) is 38.5 Å². The van der Waals surface area contributed by atoms with Crippen LogP contribution in [0.15, 0.2) is 49.1 Å². The van der Waals surface area contributed by atoms with Gasteiger partial charge in [-0.15, -0.1) is 11.3 Å². The van der Waals surface area contributed by atoms with Crippen LogP contribution in [-0.4, -0.2) is 33.9 Å². The number of fused-ring (bicyclic) bond motifs is 1. The first-order chi connectivity index (χ1) is 17.9. The van der Waals surface area contributed by atoms with Crippen LogP contribution in [-0.2, 0) is 6.54 Å². The summed E-state index contributed by atoms with van der Waals surface area (Å²) in [6.45, 7) is 2.48. The van der Waals surface area contributed by atoms with Crippen molar-refractivity contribution in [1.29, 1.82) is 0 Å². The number of hydrogen-bond donors (Lipinski definition) is 0. The average molecular weight is 542 g/mol. The van der Waals surface area contributed by atoms with Crippen LogP contribution in [0.2, 0.25) is 5.02 Å². The number of halogens is 3. The minimum atomic E-state index is -0.644. The first kappa shape index (κ1) is 25.5. The number of rotatable bonds is 6. The summed E-state index contributed by atoms with van der Waals surface area (Å²) in [5.74, 6) is -0.351. The average Bonchev–Trinajstić information content (AvgIpc) is 3.28. The minimum Gasteiger partial charge on any atom is -0.496 e. The third kappa shape index (κ3) is 5.05. The summed E-state index contributed by atoms with van der Waals surface area (Å²) in [5.41, 5.74) is 2.55. The van der Waals surface area contributed by atoms with Crippen molar-refractivity contribution < 1.29 is 18.3 Å². The standard InChI is InChI=1S/C28H26ClF2N3O2S/c1-16-3-6-20(7-4-16)34(28(35)27-25(29)24-21(30)8-9-22(31)26(24)37-27)14-18-11-17(5-10-23(18)36-2)19-12-32-15-33-13-19/h5,8-13,15-16,20H,3-4,6-7,14H2,1-2H3. The van der Waals surface area contributed by atoms with Crippen molar-refractivity contribution in [3.63, 3.8) is 0 Å². The molecule has 0 bridgehead atoms. The molecule has 0 spiro atoms. The maximum absolute atomic E-state index is 14.6. The Labute approximate surface area is 223 Å². The van der Waals surface area contributed by atoms with E-state index in [2.05, 4.69) is 16.9 Å². The molecule has 1 aliphatic rings. The minimum absolute atomic E-state index is 0.0342. The van der Waals surface area contributed by atoms with Crippen molar-refractivity contribution in [1.82, 2.24) is 14.9 Å². The van der Waals surface area contributed by atoms with Gasteiger partial charge >= 0.3 is 0 Å². The van der Waals surface area contributed by atoms with E-state index in [9.17, 15) is 13.6 Å². The first-order valence-electron chi connectivity index (χ1n) is 12.2. The molecule has 5 nitrogen and oxygen atoms in total. The lowest BCUT2D eigenvalue weighted by Gasteiger charge is -2.36. The molecule has 2 aromatic heterocycles. The number of carbonyl (C=O) groups is 1. The summed E-state index contributed by atoms with van der Waals surface area (Å²) in [6.07, 6.45) is 8.60. The topological polar surface area (TPSA) is 55.3 Å². The first-order valence-corrected chi connectivity index (χ1v) is 13.4. The monoisotopic (exact) mass is 541 g/mol. The third-order valence-electron chi connectivity index (χ3n) is 7.08. The summed E-state index contributed by atoms with van der Waals surface area (Å²) >= 11 is 7.42. The van der Waals surface area contributed by atoms with Gasteiger partial charge in [-0.3, -0.25) is 4.79 Å². The van der Waals surface area contributed by atoms with Gasteiger partial charge in [0.2, 0.25) is 0 Å². The molecular formula is C28H26ClF2N3O2S. The molecule has 4 aromatic rings. The Hall–Kier alpha value is -3.10. The van der Waals surface area contributed by atoms with E-state index in [1.54, 1.807) is 24.4 Å². The molecule has 0 N–H and O–H groups in total. The van der Waals surface area contributed by atoms with Crippen LogP contribution in [0, 0.1) is 17.6 Å². The van der Waals surface area contributed by atoms with Gasteiger partial charge in [-0.2, -0.15) is 0 Å². The fraction of sp³-hybridized carbons (Fsp3) is 0.321. The van der Waals surface area contributed by atoms with Crippen LogP contribution in [0.1, 0.15) is 47.8 Å². The largest absolute Gasteiger partial charge is 0.496 e. The van der Waals surface area contributed by atoms with Crippen molar-refractivity contribution in [3.05, 3.63) is 76.2 Å². The Balaban J connectivity index is 1.57. The van der Waals surface area contributed by atoms with E-state index in [1.807, 2.05) is 18.2 Å². The van der Waals surface area contributed by atoms with Crippen LogP contribution in [0.5, 0.6) is 5.75 Å². The summed E-state index contributed by atoms with van der Waals surface area (Å²) in [7, 11) is 1.59. The Morgan fingerprint density at radius 2 is 1.78 bits per heavy atom. The molecule has 0 saturated heterocycles. The highest BCUT2D eigenvalue weighted by Crippen LogP contribution is 2.41. The Bertz CT molecular complexity index is 1440. The van der Waals surface area contributed by atoms with Crippen molar-refractivity contribution in [2.24, 2.45) is 5.92 Å². The zero-order valence-electron chi connectivity index (χ0n) is 20.5. The molecule has 0 unspecified atom stereocenters. The Morgan fingerprint density at radius 1 is 1.08 bits per heavy atom. The molecule has 2 aromatic carbocycles. The number of methoxy groups -OCH3 is 1. The number of aromatic nitrogens is 2. The highest BCUT2D eigenvalue weighted by atomic mass is 35.5. The van der Waals surface area contributed by atoms with Crippen molar-refractivity contribution in [2.45, 2.75) is 45.2 Å². The number of thiophene rings is 1. The summed E-state index contributed by atoms with van der Waals surface area (Å²) in [5, 5.41) is -0.0887. The van der Waals surface area contributed by atoms with E-state index >= 15 is 0 Å². The molecule has 0 aliphatic heterocycles. The van der Waals surface area contributed by atoms with Gasteiger partial charge in [-0.05, 0) is 61.4 Å². The van der Waals surface area contributed by atoms with E-state index < -0.39 is 11.6 Å². The van der Waals surface area contributed by atoms with Crippen LogP contribution < -0.4 is 4.74 Å². The zero-order valence-corrected chi connectivity index (χ0v) is 22.1. The SMILES string of the molecule is COc1ccc(-c2cncnc2)cc1CN(C(=O)c1sc2c(F)ccc(F)c2c1Cl)C1CCC(C)CC1. The van der Waals surface area contributed by atoms with Gasteiger partial charge in [0.15, 0.2) is 0 Å². The second-order valence-electron chi connectivity index (χ2n) is 9.48. The fourth-order valence-electron chi connectivity index (χ4n) is 5.00. The second-order valence-corrected chi connectivity index (χ2v) is 10.9.